The van der Waals surface area contributed by atoms with Crippen LogP contribution in [0.5, 0.6) is 11.5 Å². The quantitative estimate of drug-likeness (QED) is 0.463. The van der Waals surface area contributed by atoms with E-state index < -0.39 is 6.80 Å². The van der Waals surface area contributed by atoms with E-state index in [-0.39, 0.29) is 0 Å². The second kappa shape index (κ2) is 8.88. The minimum Gasteiger partial charge on any atom is -0.495 e. The lowest BCUT2D eigenvalue weighted by Crippen LogP contribution is -1.97. The predicted molar refractivity (Wildman–Crippen MR) is 87.4 cm³/mol. The van der Waals surface area contributed by atoms with Gasteiger partial charge < -0.3 is 9.26 Å². The van der Waals surface area contributed by atoms with Crippen molar-refractivity contribution in [3.05, 3.63) is 18.2 Å². The highest BCUT2D eigenvalue weighted by molar-refractivity contribution is 8.55. The Kier molecular flexibility index (Phi) is 7.88. The van der Waals surface area contributed by atoms with Crippen molar-refractivity contribution in [3.8, 4) is 11.5 Å². The summed E-state index contributed by atoms with van der Waals surface area (Å²) in [7, 11) is 1.60. The van der Waals surface area contributed by atoms with Crippen molar-refractivity contribution in [1.82, 2.24) is 0 Å². The molecule has 0 fully saturated rings. The molecule has 0 saturated carbocycles. The number of ether oxygens (including phenoxy) is 1. The van der Waals surface area contributed by atoms with Gasteiger partial charge in [0.15, 0.2) is 0 Å². The van der Waals surface area contributed by atoms with Crippen molar-refractivity contribution in [2.75, 3.05) is 25.7 Å². The summed E-state index contributed by atoms with van der Waals surface area (Å²) in [5.74, 6) is 1.94. The van der Waals surface area contributed by atoms with Crippen LogP contribution in [0.2, 0.25) is 0 Å². The second-order valence-electron chi connectivity index (χ2n) is 3.81. The molecule has 0 bridgehead atoms. The molecule has 0 aromatic heterocycles. The monoisotopic (exact) mass is 336 g/mol. The van der Waals surface area contributed by atoms with Crippen molar-refractivity contribution >= 4 is 29.9 Å². The fourth-order valence-corrected chi connectivity index (χ4v) is 5.45. The summed E-state index contributed by atoms with van der Waals surface area (Å²) < 4.78 is 28.8. The topological polar surface area (TPSA) is 44.8 Å². The fourth-order valence-electron chi connectivity index (χ4n) is 1.45. The van der Waals surface area contributed by atoms with E-state index in [0.29, 0.717) is 18.1 Å². The normalized spacial score (nSPS) is 13.8. The minimum atomic E-state index is -3.16. The van der Waals surface area contributed by atoms with E-state index in [4.69, 9.17) is 13.8 Å². The van der Waals surface area contributed by atoms with E-state index in [2.05, 4.69) is 0 Å². The Bertz CT molecular complexity index is 468. The van der Waals surface area contributed by atoms with Crippen LogP contribution in [0.1, 0.15) is 20.3 Å². The van der Waals surface area contributed by atoms with E-state index in [9.17, 15) is 4.57 Å². The van der Waals surface area contributed by atoms with E-state index in [0.717, 1.165) is 17.1 Å². The molecule has 0 saturated heterocycles. The summed E-state index contributed by atoms with van der Waals surface area (Å²) in [6, 6.07) is 5.41. The van der Waals surface area contributed by atoms with Crippen molar-refractivity contribution < 1.29 is 18.3 Å². The number of thioether (sulfide) groups is 1. The molecule has 0 amide bonds. The first-order valence-corrected chi connectivity index (χ1v) is 10.7. The van der Waals surface area contributed by atoms with Gasteiger partial charge in [-0.1, -0.05) is 6.92 Å². The van der Waals surface area contributed by atoms with Crippen LogP contribution in [-0.4, -0.2) is 25.7 Å². The number of hydrogen-bond donors (Lipinski definition) is 0. The summed E-state index contributed by atoms with van der Waals surface area (Å²) in [6.45, 7) is 1.03. The third-order valence-corrected chi connectivity index (χ3v) is 7.04. The average Bonchev–Trinajstić information content (AvgIpc) is 2.45. The molecule has 7 heteroatoms. The molecule has 0 N–H and O–H groups in total. The first-order valence-electron chi connectivity index (χ1n) is 6.39. The molecule has 1 rings (SSSR count). The Morgan fingerprint density at radius 3 is 2.60 bits per heavy atom. The molecule has 114 valence electrons. The number of methoxy groups -OCH3 is 1. The average molecular weight is 336 g/mol. The smallest absolute Gasteiger partial charge is 0.440 e. The lowest BCUT2D eigenvalue weighted by molar-refractivity contribution is 0.295. The van der Waals surface area contributed by atoms with Gasteiger partial charge in [-0.05, 0) is 43.1 Å². The summed E-state index contributed by atoms with van der Waals surface area (Å²) in [4.78, 5) is 1.01. The van der Waals surface area contributed by atoms with Crippen LogP contribution in [0.4, 0.5) is 0 Å². The van der Waals surface area contributed by atoms with Gasteiger partial charge in [0.25, 0.3) is 0 Å². The summed E-state index contributed by atoms with van der Waals surface area (Å²) in [6.07, 6.45) is 2.89. The van der Waals surface area contributed by atoms with E-state index in [1.54, 1.807) is 37.9 Å². The molecule has 0 aliphatic rings. The SMILES string of the molecule is CCCSP(=O)(OCC)Oc1ccc(SC)c(OC)c1. The predicted octanol–water partition coefficient (Wildman–Crippen LogP) is 5.08. The summed E-state index contributed by atoms with van der Waals surface area (Å²) >= 11 is 2.82. The van der Waals surface area contributed by atoms with Crippen molar-refractivity contribution in [2.24, 2.45) is 0 Å². The molecule has 1 atom stereocenters. The molecular weight excluding hydrogens is 315 g/mol. The standard InChI is InChI=1S/C13H21O4PS2/c1-5-9-20-18(14,16-6-2)17-11-7-8-13(19-4)12(10-11)15-3/h7-8,10H,5-6,9H2,1-4H3. The molecule has 0 radical (unpaired) electrons. The summed E-state index contributed by atoms with van der Waals surface area (Å²) in [5, 5.41) is 0. The zero-order valence-corrected chi connectivity index (χ0v) is 14.8. The Morgan fingerprint density at radius 1 is 1.30 bits per heavy atom. The van der Waals surface area contributed by atoms with E-state index in [1.807, 2.05) is 19.2 Å². The van der Waals surface area contributed by atoms with Gasteiger partial charge in [0.1, 0.15) is 11.5 Å². The Balaban J connectivity index is 2.90. The second-order valence-corrected chi connectivity index (χ2v) is 8.77. The molecule has 20 heavy (non-hydrogen) atoms. The van der Waals surface area contributed by atoms with Crippen LogP contribution in [-0.2, 0) is 9.09 Å². The van der Waals surface area contributed by atoms with Gasteiger partial charge in [0.2, 0.25) is 0 Å². The maximum absolute atomic E-state index is 12.6. The van der Waals surface area contributed by atoms with Crippen LogP contribution >= 0.6 is 29.9 Å². The number of benzene rings is 1. The molecule has 0 aliphatic heterocycles. The van der Waals surface area contributed by atoms with Crippen LogP contribution in [0.15, 0.2) is 23.1 Å². The molecule has 1 aromatic rings. The third-order valence-electron chi connectivity index (χ3n) is 2.31. The highest BCUT2D eigenvalue weighted by Crippen LogP contribution is 2.60. The first-order chi connectivity index (χ1) is 9.58. The molecule has 4 nitrogen and oxygen atoms in total. The number of hydrogen-bond acceptors (Lipinski definition) is 6. The van der Waals surface area contributed by atoms with Crippen LogP contribution in [0.25, 0.3) is 0 Å². The van der Waals surface area contributed by atoms with Crippen molar-refractivity contribution in [1.29, 1.82) is 0 Å². The van der Waals surface area contributed by atoms with Gasteiger partial charge in [0, 0.05) is 16.7 Å². The van der Waals surface area contributed by atoms with Crippen molar-refractivity contribution in [2.45, 2.75) is 25.2 Å². The highest BCUT2D eigenvalue weighted by atomic mass is 32.7. The molecule has 0 aliphatic carbocycles. The van der Waals surface area contributed by atoms with Gasteiger partial charge >= 0.3 is 6.80 Å². The lowest BCUT2D eigenvalue weighted by atomic mass is 10.3. The number of rotatable bonds is 9. The Hall–Kier alpha value is -0.290. The van der Waals surface area contributed by atoms with E-state index >= 15 is 0 Å². The molecule has 0 heterocycles. The molecule has 1 unspecified atom stereocenters. The molecule has 1 aromatic carbocycles. The Labute approximate surface area is 129 Å². The highest BCUT2D eigenvalue weighted by Gasteiger charge is 2.26. The maximum atomic E-state index is 12.6. The van der Waals surface area contributed by atoms with Gasteiger partial charge in [-0.15, -0.1) is 11.8 Å². The fraction of sp³-hybridized carbons (Fsp3) is 0.538. The van der Waals surface area contributed by atoms with Gasteiger partial charge in [-0.2, -0.15) is 0 Å². The van der Waals surface area contributed by atoms with Gasteiger partial charge in [-0.25, -0.2) is 4.57 Å². The Morgan fingerprint density at radius 2 is 2.05 bits per heavy atom. The molecular formula is C13H21O4PS2. The first kappa shape index (κ1) is 17.8. The zero-order chi connectivity index (χ0) is 15.0. The van der Waals surface area contributed by atoms with Crippen molar-refractivity contribution in [3.63, 3.8) is 0 Å². The minimum absolute atomic E-state index is 0.355. The van der Waals surface area contributed by atoms with Crippen LogP contribution in [0.3, 0.4) is 0 Å². The van der Waals surface area contributed by atoms with Crippen LogP contribution < -0.4 is 9.26 Å². The van der Waals surface area contributed by atoms with E-state index in [1.165, 1.54) is 11.4 Å². The van der Waals surface area contributed by atoms with Gasteiger partial charge in [0.05, 0.1) is 13.7 Å². The lowest BCUT2D eigenvalue weighted by Gasteiger charge is -2.18. The largest absolute Gasteiger partial charge is 0.495 e. The summed E-state index contributed by atoms with van der Waals surface area (Å²) in [5.41, 5.74) is 0. The zero-order valence-electron chi connectivity index (χ0n) is 12.3. The molecule has 0 spiro atoms. The van der Waals surface area contributed by atoms with Gasteiger partial charge in [-0.3, -0.25) is 4.52 Å². The maximum Gasteiger partial charge on any atom is 0.440 e. The third kappa shape index (κ3) is 5.24. The van der Waals surface area contributed by atoms with Crippen LogP contribution in [0, 0.1) is 0 Å².